The van der Waals surface area contributed by atoms with Crippen molar-refractivity contribution in [2.45, 2.75) is 13.8 Å². The molecule has 48 valence electrons. The van der Waals surface area contributed by atoms with E-state index in [2.05, 4.69) is 0 Å². The number of rotatable bonds is 1. The normalized spacial score (nSPS) is 5.33. The molecular formula is C4H12LiNaO3. The molecule has 0 rings (SSSR count). The van der Waals surface area contributed by atoms with E-state index in [0.717, 1.165) is 0 Å². The zero-order valence-corrected chi connectivity index (χ0v) is 8.63. The van der Waals surface area contributed by atoms with E-state index in [-0.39, 0.29) is 59.4 Å². The van der Waals surface area contributed by atoms with Crippen LogP contribution in [0.5, 0.6) is 0 Å². The van der Waals surface area contributed by atoms with Crippen LogP contribution in [0.1, 0.15) is 13.8 Å². The third-order valence-electron chi connectivity index (χ3n) is 0.365. The summed E-state index contributed by atoms with van der Waals surface area (Å²) < 4.78 is 0. The van der Waals surface area contributed by atoms with Gasteiger partial charge in [0.25, 0.3) is 0 Å². The molecular weight excluding hydrogens is 126 g/mol. The summed E-state index contributed by atoms with van der Waals surface area (Å²) in [5.41, 5.74) is 0. The van der Waals surface area contributed by atoms with Gasteiger partial charge in [-0.3, -0.25) is 0 Å². The van der Waals surface area contributed by atoms with Crippen LogP contribution in [0.15, 0.2) is 0 Å². The van der Waals surface area contributed by atoms with Gasteiger partial charge in [-0.2, -0.15) is 0 Å². The fourth-order valence-electron chi connectivity index (χ4n) is 0. The predicted octanol–water partition coefficient (Wildman–Crippen LogP) is -5.71. The fraction of sp³-hybridized carbons (Fsp3) is 1.00. The van der Waals surface area contributed by atoms with Crippen molar-refractivity contribution in [3.8, 4) is 0 Å². The van der Waals surface area contributed by atoms with Crippen molar-refractivity contribution in [3.05, 3.63) is 0 Å². The smallest absolute Gasteiger partial charge is 0.870 e. The van der Waals surface area contributed by atoms with Crippen LogP contribution < -0.4 is 48.4 Å². The zero-order valence-electron chi connectivity index (χ0n) is 6.63. The first-order valence-electron chi connectivity index (χ1n) is 1.88. The molecule has 9 heavy (non-hydrogen) atoms. The molecule has 0 aliphatic heterocycles. The molecule has 3 N–H and O–H groups in total. The second kappa shape index (κ2) is 22.7. The molecule has 0 aromatic heterocycles. The van der Waals surface area contributed by atoms with Gasteiger partial charge >= 0.3 is 48.4 Å². The minimum absolute atomic E-state index is 0. The molecule has 0 fully saturated rings. The van der Waals surface area contributed by atoms with Crippen LogP contribution in [0.2, 0.25) is 0 Å². The summed E-state index contributed by atoms with van der Waals surface area (Å²) in [5.74, 6) is 0.440. The van der Waals surface area contributed by atoms with E-state index in [4.69, 9.17) is 5.11 Å². The Morgan fingerprint density at radius 2 is 1.33 bits per heavy atom. The zero-order chi connectivity index (χ0) is 4.28. The third kappa shape index (κ3) is 43.8. The third-order valence-corrected chi connectivity index (χ3v) is 0.365. The second-order valence-electron chi connectivity index (χ2n) is 1.58. The number of hydrogen-bond acceptors (Lipinski definition) is 3. The molecule has 0 radical (unpaired) electrons. The van der Waals surface area contributed by atoms with E-state index in [1.807, 2.05) is 13.8 Å². The molecule has 0 aromatic carbocycles. The summed E-state index contributed by atoms with van der Waals surface area (Å²) >= 11 is 0. The molecule has 0 atom stereocenters. The van der Waals surface area contributed by atoms with Crippen molar-refractivity contribution in [2.75, 3.05) is 6.61 Å². The van der Waals surface area contributed by atoms with Gasteiger partial charge in [-0.05, 0) is 5.92 Å². The molecule has 0 spiro atoms. The van der Waals surface area contributed by atoms with Gasteiger partial charge in [0.15, 0.2) is 0 Å². The van der Waals surface area contributed by atoms with E-state index in [9.17, 15) is 0 Å². The van der Waals surface area contributed by atoms with Crippen molar-refractivity contribution in [3.63, 3.8) is 0 Å². The molecule has 0 saturated heterocycles. The van der Waals surface area contributed by atoms with E-state index in [1.54, 1.807) is 0 Å². The molecule has 5 heteroatoms. The first-order chi connectivity index (χ1) is 2.27. The Morgan fingerprint density at radius 1 is 1.22 bits per heavy atom. The van der Waals surface area contributed by atoms with E-state index in [1.165, 1.54) is 0 Å². The maximum atomic E-state index is 8.14. The maximum Gasteiger partial charge on any atom is 1.00 e. The van der Waals surface area contributed by atoms with Gasteiger partial charge < -0.3 is 16.1 Å². The van der Waals surface area contributed by atoms with Gasteiger partial charge in [0.05, 0.1) is 0 Å². The van der Waals surface area contributed by atoms with Crippen LogP contribution in [0, 0.1) is 5.92 Å². The molecule has 0 aromatic rings. The van der Waals surface area contributed by atoms with E-state index >= 15 is 0 Å². The number of hydrogen-bond donors (Lipinski definition) is 1. The first-order valence-corrected chi connectivity index (χ1v) is 1.88. The quantitative estimate of drug-likeness (QED) is 0.366. The summed E-state index contributed by atoms with van der Waals surface area (Å²) in [4.78, 5) is 0. The van der Waals surface area contributed by atoms with Crippen molar-refractivity contribution in [1.29, 1.82) is 0 Å². The molecule has 0 amide bonds. The minimum Gasteiger partial charge on any atom is -0.870 e. The molecule has 0 heterocycles. The van der Waals surface area contributed by atoms with E-state index < -0.39 is 0 Å². The van der Waals surface area contributed by atoms with Gasteiger partial charge in [0.1, 0.15) is 0 Å². The minimum atomic E-state index is 0. The predicted molar refractivity (Wildman–Crippen MR) is 25.8 cm³/mol. The van der Waals surface area contributed by atoms with E-state index in [0.29, 0.717) is 12.5 Å². The molecule has 0 aliphatic rings. The van der Waals surface area contributed by atoms with Crippen molar-refractivity contribution in [2.24, 2.45) is 5.92 Å². The van der Waals surface area contributed by atoms with Crippen LogP contribution in [0.3, 0.4) is 0 Å². The Balaban J connectivity index is -0.0000000133. The molecule has 3 nitrogen and oxygen atoms in total. The first kappa shape index (κ1) is 31.4. The van der Waals surface area contributed by atoms with Gasteiger partial charge in [-0.25, -0.2) is 0 Å². The summed E-state index contributed by atoms with van der Waals surface area (Å²) in [5, 5.41) is 8.14. The van der Waals surface area contributed by atoms with Crippen LogP contribution >= 0.6 is 0 Å². The summed E-state index contributed by atoms with van der Waals surface area (Å²) in [6.07, 6.45) is 0. The molecule has 0 saturated carbocycles. The maximum absolute atomic E-state index is 8.14. The number of aliphatic hydroxyl groups excluding tert-OH is 1. The molecule has 0 aliphatic carbocycles. The second-order valence-corrected chi connectivity index (χ2v) is 1.58. The average Bonchev–Trinajstić information content (AvgIpc) is 1.38. The summed E-state index contributed by atoms with van der Waals surface area (Å²) in [7, 11) is 0. The van der Waals surface area contributed by atoms with Crippen LogP contribution in [0.25, 0.3) is 0 Å². The van der Waals surface area contributed by atoms with Crippen molar-refractivity contribution < 1.29 is 64.5 Å². The SMILES string of the molecule is CC(C)CO.[Li+].[Na+].[OH-].[OH-]. The topological polar surface area (TPSA) is 80.2 Å². The van der Waals surface area contributed by atoms with Gasteiger partial charge in [-0.1, -0.05) is 13.8 Å². The van der Waals surface area contributed by atoms with Gasteiger partial charge in [-0.15, -0.1) is 0 Å². The Bertz CT molecular complexity index is 29.8. The summed E-state index contributed by atoms with van der Waals surface area (Å²) in [6.45, 7) is 4.25. The van der Waals surface area contributed by atoms with Gasteiger partial charge in [0.2, 0.25) is 0 Å². The molecule has 0 bridgehead atoms. The average molecular weight is 138 g/mol. The van der Waals surface area contributed by atoms with Crippen molar-refractivity contribution >= 4 is 0 Å². The Kier molecular flexibility index (Phi) is 79.1. The standard InChI is InChI=1S/C4H10O.Li.Na.2H2O/c1-4(2)3-5;;;;/h4-5H,3H2,1-2H3;;;2*1H2/q;2*+1;;/p-2. The Hall–Kier alpha value is 1.48. The summed E-state index contributed by atoms with van der Waals surface area (Å²) in [6, 6.07) is 0. The van der Waals surface area contributed by atoms with Gasteiger partial charge in [0, 0.05) is 6.61 Å². The fourth-order valence-corrected chi connectivity index (χ4v) is 0. The Labute approximate surface area is 90.3 Å². The number of aliphatic hydroxyl groups is 1. The largest absolute Gasteiger partial charge is 1.00 e. The Morgan fingerprint density at radius 3 is 1.33 bits per heavy atom. The molecule has 0 unspecified atom stereocenters. The monoisotopic (exact) mass is 138 g/mol. The van der Waals surface area contributed by atoms with Crippen LogP contribution in [-0.4, -0.2) is 22.7 Å². The van der Waals surface area contributed by atoms with Crippen LogP contribution in [-0.2, 0) is 0 Å². The van der Waals surface area contributed by atoms with Crippen LogP contribution in [0.4, 0.5) is 0 Å². The van der Waals surface area contributed by atoms with Crippen molar-refractivity contribution in [1.82, 2.24) is 0 Å².